The number of rotatable bonds is 7. The summed E-state index contributed by atoms with van der Waals surface area (Å²) in [5.41, 5.74) is 2.22. The van der Waals surface area contributed by atoms with Crippen LogP contribution in [-0.4, -0.2) is 31.5 Å². The van der Waals surface area contributed by atoms with Crippen molar-refractivity contribution < 1.29 is 4.79 Å². The van der Waals surface area contributed by atoms with Crippen molar-refractivity contribution in [1.29, 1.82) is 0 Å². The van der Waals surface area contributed by atoms with E-state index in [-0.39, 0.29) is 11.7 Å². The van der Waals surface area contributed by atoms with Crippen LogP contribution in [0.1, 0.15) is 29.0 Å². The van der Waals surface area contributed by atoms with Crippen LogP contribution in [0.25, 0.3) is 10.7 Å². The molecule has 0 bridgehead atoms. The number of nitrogen functional groups attached to an aromatic ring is 1. The number of amides is 1. The topological polar surface area (TPSA) is 89.9 Å². The average molecular weight is 483 g/mol. The number of carbonyl (C=O) groups excluding carboxylic acids is 1. The Morgan fingerprint density at radius 1 is 1.12 bits per heavy atom. The van der Waals surface area contributed by atoms with Gasteiger partial charge in [0.2, 0.25) is 11.1 Å². The maximum atomic E-state index is 13.4. The van der Waals surface area contributed by atoms with Crippen molar-refractivity contribution in [3.05, 3.63) is 64.0 Å². The van der Waals surface area contributed by atoms with E-state index in [0.717, 1.165) is 40.5 Å². The van der Waals surface area contributed by atoms with E-state index in [1.165, 1.54) is 27.7 Å². The molecule has 5 rings (SSSR count). The van der Waals surface area contributed by atoms with Crippen molar-refractivity contribution in [2.75, 3.05) is 16.5 Å². The predicted molar refractivity (Wildman–Crippen MR) is 131 cm³/mol. The third kappa shape index (κ3) is 4.43. The molecule has 0 saturated heterocycles. The lowest BCUT2D eigenvalue weighted by atomic mass is 10.0. The van der Waals surface area contributed by atoms with Gasteiger partial charge in [0.25, 0.3) is 0 Å². The Balaban J connectivity index is 1.35. The lowest BCUT2D eigenvalue weighted by Crippen LogP contribution is -2.32. The monoisotopic (exact) mass is 482 g/mol. The van der Waals surface area contributed by atoms with Crippen LogP contribution in [0.5, 0.6) is 0 Å². The summed E-state index contributed by atoms with van der Waals surface area (Å²) in [4.78, 5) is 22.2. The molecule has 0 saturated carbocycles. The number of nitrogens with two attached hydrogens (primary N) is 1. The molecule has 1 aromatic carbocycles. The molecule has 3 heterocycles. The van der Waals surface area contributed by atoms with E-state index in [0.29, 0.717) is 17.5 Å². The number of aromatic nitrogens is 4. The highest BCUT2D eigenvalue weighted by molar-refractivity contribution is 7.99. The summed E-state index contributed by atoms with van der Waals surface area (Å²) < 4.78 is 1.45. The van der Waals surface area contributed by atoms with Crippen LogP contribution in [0.4, 0.5) is 5.13 Å². The van der Waals surface area contributed by atoms with Crippen LogP contribution in [-0.2, 0) is 24.2 Å². The van der Waals surface area contributed by atoms with Gasteiger partial charge in [0.1, 0.15) is 0 Å². The maximum absolute atomic E-state index is 13.4. The third-order valence-corrected chi connectivity index (χ3v) is 8.25. The fraction of sp³-hybridized carbons (Fsp3) is 0.273. The number of hydrogen-bond acceptors (Lipinski definition) is 8. The molecular weight excluding hydrogens is 460 g/mol. The molecule has 3 aromatic heterocycles. The van der Waals surface area contributed by atoms with Gasteiger partial charge in [0.05, 0.1) is 22.9 Å². The van der Waals surface area contributed by atoms with Gasteiger partial charge in [-0.15, -0.1) is 32.9 Å². The third-order valence-electron chi connectivity index (χ3n) is 5.28. The number of anilines is 1. The molecule has 0 atom stereocenters. The van der Waals surface area contributed by atoms with E-state index in [4.69, 9.17) is 10.8 Å². The minimum Gasteiger partial charge on any atom is -0.335 e. The largest absolute Gasteiger partial charge is 0.335 e. The Hall–Kier alpha value is -2.69. The van der Waals surface area contributed by atoms with Crippen LogP contribution >= 0.6 is 34.4 Å². The Kier molecular flexibility index (Phi) is 6.24. The van der Waals surface area contributed by atoms with E-state index in [2.05, 4.69) is 10.2 Å². The van der Waals surface area contributed by atoms with E-state index < -0.39 is 0 Å². The number of benzene rings is 1. The fourth-order valence-electron chi connectivity index (χ4n) is 3.64. The lowest BCUT2D eigenvalue weighted by molar-refractivity contribution is -0.116. The SMILES string of the molecule is Nn1c(SCC(=O)N(Cc2ccccc2)c2nc3c(s2)CCCC3)nnc1-c1cccs1. The summed E-state index contributed by atoms with van der Waals surface area (Å²) in [6, 6.07) is 13.9. The predicted octanol–water partition coefficient (Wildman–Crippen LogP) is 4.38. The van der Waals surface area contributed by atoms with Gasteiger partial charge >= 0.3 is 0 Å². The van der Waals surface area contributed by atoms with E-state index in [1.807, 2.05) is 47.8 Å². The van der Waals surface area contributed by atoms with Gasteiger partial charge in [-0.3, -0.25) is 9.69 Å². The van der Waals surface area contributed by atoms with E-state index in [9.17, 15) is 4.79 Å². The number of thiophene rings is 1. The molecule has 10 heteroatoms. The van der Waals surface area contributed by atoms with Crippen molar-refractivity contribution in [2.24, 2.45) is 0 Å². The summed E-state index contributed by atoms with van der Waals surface area (Å²) in [5, 5.41) is 11.6. The second-order valence-corrected chi connectivity index (χ2v) is 10.4. The van der Waals surface area contributed by atoms with Gasteiger partial charge in [0, 0.05) is 4.88 Å². The number of fused-ring (bicyclic) bond motifs is 1. The molecule has 0 radical (unpaired) electrons. The standard InChI is InChI=1S/C22H22N6OS3/c23-28-20(18-11-6-12-30-18)25-26-22(28)31-14-19(29)27(13-15-7-2-1-3-8-15)21-24-16-9-4-5-10-17(16)32-21/h1-3,6-8,11-12H,4-5,9-10,13-14,23H2. The Labute approximate surface area is 198 Å². The molecule has 7 nitrogen and oxygen atoms in total. The Morgan fingerprint density at radius 2 is 1.97 bits per heavy atom. The number of carbonyl (C=O) groups is 1. The van der Waals surface area contributed by atoms with Gasteiger partial charge in [0.15, 0.2) is 11.0 Å². The first kappa shape index (κ1) is 21.2. The van der Waals surface area contributed by atoms with E-state index in [1.54, 1.807) is 27.6 Å². The number of hydrogen-bond donors (Lipinski definition) is 1. The molecule has 0 aliphatic heterocycles. The molecule has 0 spiro atoms. The number of thioether (sulfide) groups is 1. The minimum atomic E-state index is -0.0226. The van der Waals surface area contributed by atoms with Crippen molar-refractivity contribution in [2.45, 2.75) is 37.4 Å². The summed E-state index contributed by atoms with van der Waals surface area (Å²) in [5.74, 6) is 6.98. The summed E-state index contributed by atoms with van der Waals surface area (Å²) >= 11 is 4.49. The van der Waals surface area contributed by atoms with Crippen molar-refractivity contribution in [3.8, 4) is 10.7 Å². The normalized spacial score (nSPS) is 13.1. The highest BCUT2D eigenvalue weighted by atomic mass is 32.2. The summed E-state index contributed by atoms with van der Waals surface area (Å²) in [6.45, 7) is 0.488. The maximum Gasteiger partial charge on any atom is 0.239 e. The molecule has 2 N–H and O–H groups in total. The zero-order chi connectivity index (χ0) is 21.9. The van der Waals surface area contributed by atoms with Crippen LogP contribution in [0.15, 0.2) is 53.0 Å². The highest BCUT2D eigenvalue weighted by Gasteiger charge is 2.24. The van der Waals surface area contributed by atoms with Gasteiger partial charge in [-0.1, -0.05) is 48.2 Å². The quantitative estimate of drug-likeness (QED) is 0.311. The molecule has 32 heavy (non-hydrogen) atoms. The van der Waals surface area contributed by atoms with Crippen molar-refractivity contribution in [3.63, 3.8) is 0 Å². The number of thiazole rings is 1. The summed E-state index contributed by atoms with van der Waals surface area (Å²) in [7, 11) is 0. The molecular formula is C22H22N6OS3. The van der Waals surface area contributed by atoms with Crippen LogP contribution in [0.3, 0.4) is 0 Å². The Bertz CT molecular complexity index is 1180. The zero-order valence-electron chi connectivity index (χ0n) is 17.3. The van der Waals surface area contributed by atoms with Crippen molar-refractivity contribution >= 4 is 45.5 Å². The first-order valence-corrected chi connectivity index (χ1v) is 13.1. The smallest absolute Gasteiger partial charge is 0.239 e. The second-order valence-electron chi connectivity index (χ2n) is 7.48. The molecule has 1 aliphatic carbocycles. The molecule has 164 valence electrons. The van der Waals surface area contributed by atoms with Crippen LogP contribution in [0.2, 0.25) is 0 Å². The second kappa shape index (κ2) is 9.43. The molecule has 0 unspecified atom stereocenters. The summed E-state index contributed by atoms with van der Waals surface area (Å²) in [6.07, 6.45) is 4.40. The lowest BCUT2D eigenvalue weighted by Gasteiger charge is -2.20. The minimum absolute atomic E-state index is 0.0226. The van der Waals surface area contributed by atoms with Gasteiger partial charge in [-0.05, 0) is 42.7 Å². The van der Waals surface area contributed by atoms with Gasteiger partial charge in [-0.2, -0.15) is 0 Å². The first-order valence-electron chi connectivity index (χ1n) is 10.4. The van der Waals surface area contributed by atoms with Crippen LogP contribution in [0, 0.1) is 0 Å². The molecule has 1 amide bonds. The highest BCUT2D eigenvalue weighted by Crippen LogP contribution is 2.33. The van der Waals surface area contributed by atoms with E-state index >= 15 is 0 Å². The molecule has 0 fully saturated rings. The van der Waals surface area contributed by atoms with Gasteiger partial charge in [-0.25, -0.2) is 9.66 Å². The van der Waals surface area contributed by atoms with Gasteiger partial charge < -0.3 is 5.84 Å². The van der Waals surface area contributed by atoms with Crippen molar-refractivity contribution in [1.82, 2.24) is 19.9 Å². The number of nitrogens with zero attached hydrogens (tertiary/aromatic N) is 5. The molecule has 1 aliphatic rings. The fourth-order valence-corrected chi connectivity index (χ4v) is 6.24. The van der Waals surface area contributed by atoms with Crippen LogP contribution < -0.4 is 10.7 Å². The Morgan fingerprint density at radius 3 is 2.75 bits per heavy atom. The number of aryl methyl sites for hydroxylation is 2. The first-order chi connectivity index (χ1) is 15.7. The zero-order valence-corrected chi connectivity index (χ0v) is 19.8. The molecule has 4 aromatic rings. The average Bonchev–Trinajstić information content (AvgIpc) is 3.56.